The largest absolute Gasteiger partial charge is 0.315 e. The molecule has 1 heterocycles. The molecule has 1 aliphatic heterocycles. The first-order valence-electron chi connectivity index (χ1n) is 7.81. The summed E-state index contributed by atoms with van der Waals surface area (Å²) in [6, 6.07) is 12.6. The highest BCUT2D eigenvalue weighted by atomic mass is 32.2. The smallest absolute Gasteiger partial charge is 0.240 e. The number of fused-ring (bicyclic) bond motifs is 1. The molecule has 0 aliphatic carbocycles. The number of hydrogen-bond donors (Lipinski definition) is 1. The fourth-order valence-electron chi connectivity index (χ4n) is 2.88. The Morgan fingerprint density at radius 1 is 1.12 bits per heavy atom. The second kappa shape index (κ2) is 6.37. The minimum Gasteiger partial charge on any atom is -0.315 e. The van der Waals surface area contributed by atoms with E-state index < -0.39 is 10.0 Å². The van der Waals surface area contributed by atoms with Crippen LogP contribution in [-0.4, -0.2) is 21.4 Å². The van der Waals surface area contributed by atoms with E-state index in [4.69, 9.17) is 0 Å². The van der Waals surface area contributed by atoms with Crippen LogP contribution in [0.25, 0.3) is 0 Å². The van der Waals surface area contributed by atoms with Crippen LogP contribution in [-0.2, 0) is 27.8 Å². The first-order chi connectivity index (χ1) is 11.4. The van der Waals surface area contributed by atoms with E-state index >= 15 is 0 Å². The predicted molar refractivity (Wildman–Crippen MR) is 93.4 cm³/mol. The molecule has 1 aliphatic rings. The Kier molecular flexibility index (Phi) is 4.43. The molecule has 5 nitrogen and oxygen atoms in total. The number of benzene rings is 2. The third-order valence-electron chi connectivity index (χ3n) is 4.25. The number of amides is 1. The van der Waals surface area contributed by atoms with E-state index in [9.17, 15) is 13.2 Å². The van der Waals surface area contributed by atoms with Crippen molar-refractivity contribution >= 4 is 21.6 Å². The molecule has 0 aromatic heterocycles. The highest BCUT2D eigenvalue weighted by Crippen LogP contribution is 2.28. The van der Waals surface area contributed by atoms with E-state index in [-0.39, 0.29) is 17.3 Å². The summed E-state index contributed by atoms with van der Waals surface area (Å²) >= 11 is 0. The van der Waals surface area contributed by atoms with Crippen molar-refractivity contribution in [1.82, 2.24) is 4.72 Å². The van der Waals surface area contributed by atoms with Gasteiger partial charge in [-0.05, 0) is 42.7 Å². The zero-order valence-electron chi connectivity index (χ0n) is 13.7. The minimum absolute atomic E-state index is 0.0516. The number of sulfonamides is 1. The number of anilines is 1. The van der Waals surface area contributed by atoms with Gasteiger partial charge in [0.25, 0.3) is 0 Å². The predicted octanol–water partition coefficient (Wildman–Crippen LogP) is 2.38. The average Bonchev–Trinajstić information content (AvgIpc) is 2.56. The summed E-state index contributed by atoms with van der Waals surface area (Å²) in [5.74, 6) is 0.0516. The van der Waals surface area contributed by atoms with Gasteiger partial charge in [0.1, 0.15) is 0 Å². The van der Waals surface area contributed by atoms with Crippen molar-refractivity contribution in [1.29, 1.82) is 0 Å². The van der Waals surface area contributed by atoms with Crippen molar-refractivity contribution in [3.8, 4) is 0 Å². The number of hydrogen-bond acceptors (Lipinski definition) is 3. The fourth-order valence-corrected chi connectivity index (χ4v) is 3.95. The van der Waals surface area contributed by atoms with E-state index in [1.165, 1.54) is 0 Å². The number of rotatable bonds is 4. The summed E-state index contributed by atoms with van der Waals surface area (Å²) in [4.78, 5) is 13.5. The number of aryl methyl sites for hydroxylation is 2. The molecule has 0 spiro atoms. The van der Waals surface area contributed by atoms with Gasteiger partial charge in [0.05, 0.1) is 4.90 Å². The molecule has 24 heavy (non-hydrogen) atoms. The zero-order valence-corrected chi connectivity index (χ0v) is 14.6. The van der Waals surface area contributed by atoms with Crippen molar-refractivity contribution in [2.24, 2.45) is 0 Å². The summed E-state index contributed by atoms with van der Waals surface area (Å²) < 4.78 is 27.7. The molecule has 1 amide bonds. The van der Waals surface area contributed by atoms with E-state index in [1.54, 1.807) is 30.1 Å². The fraction of sp³-hybridized carbons (Fsp3) is 0.278. The van der Waals surface area contributed by atoms with Gasteiger partial charge < -0.3 is 4.90 Å². The summed E-state index contributed by atoms with van der Waals surface area (Å²) in [6.45, 7) is 2.22. The summed E-state index contributed by atoms with van der Waals surface area (Å²) in [5.41, 5.74) is 3.68. The summed E-state index contributed by atoms with van der Waals surface area (Å²) in [5, 5.41) is 0. The van der Waals surface area contributed by atoms with Crippen LogP contribution < -0.4 is 9.62 Å². The second-order valence-corrected chi connectivity index (χ2v) is 7.82. The topological polar surface area (TPSA) is 66.5 Å². The molecule has 0 radical (unpaired) electrons. The van der Waals surface area contributed by atoms with Crippen LogP contribution >= 0.6 is 0 Å². The highest BCUT2D eigenvalue weighted by Gasteiger charge is 2.23. The van der Waals surface area contributed by atoms with Crippen molar-refractivity contribution in [2.45, 2.75) is 31.2 Å². The number of carbonyl (C=O) groups is 1. The Balaban J connectivity index is 1.81. The Labute approximate surface area is 142 Å². The van der Waals surface area contributed by atoms with Crippen molar-refractivity contribution < 1.29 is 13.2 Å². The maximum Gasteiger partial charge on any atom is 0.240 e. The second-order valence-electron chi connectivity index (χ2n) is 6.06. The van der Waals surface area contributed by atoms with Crippen molar-refractivity contribution in [3.05, 3.63) is 59.2 Å². The molecular weight excluding hydrogens is 324 g/mol. The summed E-state index contributed by atoms with van der Waals surface area (Å²) in [6.07, 6.45) is 0.976. The van der Waals surface area contributed by atoms with Gasteiger partial charge in [0.15, 0.2) is 0 Å². The third-order valence-corrected chi connectivity index (χ3v) is 5.65. The highest BCUT2D eigenvalue weighted by molar-refractivity contribution is 7.89. The molecule has 0 saturated heterocycles. The van der Waals surface area contributed by atoms with Gasteiger partial charge in [-0.25, -0.2) is 13.1 Å². The molecule has 6 heteroatoms. The Hall–Kier alpha value is -2.18. The van der Waals surface area contributed by atoms with Crippen molar-refractivity contribution in [2.75, 3.05) is 11.9 Å². The maximum atomic E-state index is 12.5. The number of nitrogens with one attached hydrogen (secondary N) is 1. The standard InChI is InChI=1S/C18H20N2O3S/c1-13-4-3-5-14(10-13)12-19-24(22,23)16-7-8-17-15(11-16)6-9-18(21)20(17)2/h3-5,7-8,10-11,19H,6,9,12H2,1-2H3. The quantitative estimate of drug-likeness (QED) is 0.926. The molecule has 0 fully saturated rings. The molecule has 2 aromatic rings. The zero-order chi connectivity index (χ0) is 17.3. The van der Waals surface area contributed by atoms with Crippen LogP contribution in [0.5, 0.6) is 0 Å². The Morgan fingerprint density at radius 2 is 1.92 bits per heavy atom. The van der Waals surface area contributed by atoms with Gasteiger partial charge in [-0.2, -0.15) is 0 Å². The lowest BCUT2D eigenvalue weighted by Crippen LogP contribution is -2.31. The van der Waals surface area contributed by atoms with E-state index in [0.29, 0.717) is 12.8 Å². The van der Waals surface area contributed by atoms with Crippen LogP contribution in [0.2, 0.25) is 0 Å². The first kappa shape index (κ1) is 16.7. The van der Waals surface area contributed by atoms with Gasteiger partial charge in [-0.3, -0.25) is 4.79 Å². The van der Waals surface area contributed by atoms with Gasteiger partial charge >= 0.3 is 0 Å². The van der Waals surface area contributed by atoms with Crippen LogP contribution in [0, 0.1) is 6.92 Å². The van der Waals surface area contributed by atoms with E-state index in [1.807, 2.05) is 31.2 Å². The lowest BCUT2D eigenvalue weighted by Gasteiger charge is -2.26. The molecule has 0 saturated carbocycles. The third kappa shape index (κ3) is 3.34. The monoisotopic (exact) mass is 344 g/mol. The van der Waals surface area contributed by atoms with Crippen molar-refractivity contribution in [3.63, 3.8) is 0 Å². The first-order valence-corrected chi connectivity index (χ1v) is 9.30. The Morgan fingerprint density at radius 3 is 2.67 bits per heavy atom. The van der Waals surface area contributed by atoms with E-state index in [0.717, 1.165) is 22.4 Å². The van der Waals surface area contributed by atoms with Crippen LogP contribution in [0.15, 0.2) is 47.4 Å². The van der Waals surface area contributed by atoms with E-state index in [2.05, 4.69) is 4.72 Å². The molecule has 1 N–H and O–H groups in total. The van der Waals surface area contributed by atoms with Gasteiger partial charge in [-0.15, -0.1) is 0 Å². The molecule has 0 atom stereocenters. The molecule has 2 aromatic carbocycles. The molecule has 3 rings (SSSR count). The normalized spacial score (nSPS) is 14.6. The van der Waals surface area contributed by atoms with Gasteiger partial charge in [-0.1, -0.05) is 29.8 Å². The van der Waals surface area contributed by atoms with Gasteiger partial charge in [0, 0.05) is 25.7 Å². The molecule has 0 unspecified atom stereocenters. The van der Waals surface area contributed by atoms with Gasteiger partial charge in [0.2, 0.25) is 15.9 Å². The molecule has 0 bridgehead atoms. The van der Waals surface area contributed by atoms with Crippen LogP contribution in [0.4, 0.5) is 5.69 Å². The molecule has 126 valence electrons. The number of carbonyl (C=O) groups excluding carboxylic acids is 1. The minimum atomic E-state index is -3.59. The summed E-state index contributed by atoms with van der Waals surface area (Å²) in [7, 11) is -1.88. The average molecular weight is 344 g/mol. The Bertz CT molecular complexity index is 891. The maximum absolute atomic E-state index is 12.5. The lowest BCUT2D eigenvalue weighted by molar-refractivity contribution is -0.118. The van der Waals surface area contributed by atoms with Crippen LogP contribution in [0.3, 0.4) is 0 Å². The van der Waals surface area contributed by atoms with Crippen LogP contribution in [0.1, 0.15) is 23.1 Å². The molecular formula is C18H20N2O3S. The SMILES string of the molecule is Cc1cccc(CNS(=O)(=O)c2ccc3c(c2)CCC(=O)N3C)c1. The lowest BCUT2D eigenvalue weighted by atomic mass is 10.0. The number of nitrogens with zero attached hydrogens (tertiary/aromatic N) is 1.